The van der Waals surface area contributed by atoms with E-state index in [0.29, 0.717) is 33.9 Å². The molecule has 3 aromatic rings. The second-order valence-corrected chi connectivity index (χ2v) is 7.66. The largest absolute Gasteiger partial charge is 0.325 e. The molecule has 0 aliphatic carbocycles. The van der Waals surface area contributed by atoms with E-state index >= 15 is 0 Å². The van der Waals surface area contributed by atoms with E-state index in [2.05, 4.69) is 10.3 Å². The first kappa shape index (κ1) is 19.8. The number of nitrogens with zero attached hydrogens (tertiary/aromatic N) is 2. The maximum absolute atomic E-state index is 12.7. The Morgan fingerprint density at radius 3 is 2.64 bits per heavy atom. The van der Waals surface area contributed by atoms with Gasteiger partial charge < -0.3 is 5.32 Å². The molecule has 0 radical (unpaired) electrons. The van der Waals surface area contributed by atoms with Crippen molar-refractivity contribution >= 4 is 40.0 Å². The Morgan fingerprint density at radius 1 is 1.18 bits per heavy atom. The summed E-state index contributed by atoms with van der Waals surface area (Å²) >= 11 is 1.23. The number of Topliss-reactive ketones (excluding diaryl/α,β-unsaturated/α-hetero) is 1. The Hall–Kier alpha value is -2.93. The Bertz CT molecular complexity index is 1110. The summed E-state index contributed by atoms with van der Waals surface area (Å²) in [5.74, 6) is -0.290. The Labute approximate surface area is 167 Å². The average Bonchev–Trinajstić information content (AvgIpc) is 2.68. The molecule has 2 aromatic carbocycles. The molecule has 1 aromatic heterocycles. The topological polar surface area (TPSA) is 81.1 Å². The summed E-state index contributed by atoms with van der Waals surface area (Å²) in [4.78, 5) is 41.4. The molecular weight excluding hydrogens is 374 g/mol. The van der Waals surface area contributed by atoms with Crippen molar-refractivity contribution < 1.29 is 9.59 Å². The number of para-hydroxylation sites is 1. The number of carbonyl (C=O) groups is 2. The Balaban J connectivity index is 1.83. The SMILES string of the molecule is CCn1c(SC(C)C(=O)Nc2cccc(C(C)=O)c2)nc2ccccc2c1=O. The van der Waals surface area contributed by atoms with Crippen molar-refractivity contribution in [2.75, 3.05) is 5.32 Å². The zero-order valence-electron chi connectivity index (χ0n) is 15.9. The van der Waals surface area contributed by atoms with Crippen LogP contribution in [0, 0.1) is 0 Å². The van der Waals surface area contributed by atoms with Crippen LogP contribution in [0.3, 0.4) is 0 Å². The number of amides is 1. The number of aromatic nitrogens is 2. The van der Waals surface area contributed by atoms with Gasteiger partial charge in [-0.15, -0.1) is 0 Å². The molecule has 1 unspecified atom stereocenters. The highest BCUT2D eigenvalue weighted by molar-refractivity contribution is 8.00. The number of anilines is 1. The van der Waals surface area contributed by atoms with Gasteiger partial charge in [0, 0.05) is 17.8 Å². The number of ketones is 1. The van der Waals surface area contributed by atoms with Crippen molar-refractivity contribution in [1.29, 1.82) is 0 Å². The van der Waals surface area contributed by atoms with Gasteiger partial charge in [-0.25, -0.2) is 4.98 Å². The summed E-state index contributed by atoms with van der Waals surface area (Å²) in [7, 11) is 0. The molecule has 1 amide bonds. The molecule has 28 heavy (non-hydrogen) atoms. The average molecular weight is 395 g/mol. The first-order chi connectivity index (χ1) is 13.4. The van der Waals surface area contributed by atoms with Gasteiger partial charge in [0.25, 0.3) is 5.56 Å². The molecule has 1 heterocycles. The summed E-state index contributed by atoms with van der Waals surface area (Å²) in [6.07, 6.45) is 0. The zero-order chi connectivity index (χ0) is 20.3. The quantitative estimate of drug-likeness (QED) is 0.391. The van der Waals surface area contributed by atoms with Crippen molar-refractivity contribution in [1.82, 2.24) is 9.55 Å². The number of rotatable bonds is 6. The fourth-order valence-electron chi connectivity index (χ4n) is 2.79. The first-order valence-corrected chi connectivity index (χ1v) is 9.86. The third-order valence-corrected chi connectivity index (χ3v) is 5.42. The molecule has 144 valence electrons. The molecule has 1 atom stereocenters. The fraction of sp³-hybridized carbons (Fsp3) is 0.238. The lowest BCUT2D eigenvalue weighted by Gasteiger charge is -2.15. The van der Waals surface area contributed by atoms with Gasteiger partial charge >= 0.3 is 0 Å². The van der Waals surface area contributed by atoms with Crippen LogP contribution < -0.4 is 10.9 Å². The first-order valence-electron chi connectivity index (χ1n) is 8.98. The van der Waals surface area contributed by atoms with Gasteiger partial charge in [-0.1, -0.05) is 36.0 Å². The van der Waals surface area contributed by atoms with Crippen LogP contribution in [0.25, 0.3) is 10.9 Å². The van der Waals surface area contributed by atoms with Gasteiger partial charge in [0.15, 0.2) is 10.9 Å². The third-order valence-electron chi connectivity index (χ3n) is 4.33. The molecule has 0 saturated heterocycles. The lowest BCUT2D eigenvalue weighted by atomic mass is 10.1. The Morgan fingerprint density at radius 2 is 1.93 bits per heavy atom. The molecular formula is C21H21N3O3S. The van der Waals surface area contributed by atoms with Crippen LogP contribution in [-0.4, -0.2) is 26.5 Å². The summed E-state index contributed by atoms with van der Waals surface area (Å²) in [5.41, 5.74) is 1.59. The number of benzene rings is 2. The minimum atomic E-state index is -0.480. The lowest BCUT2D eigenvalue weighted by molar-refractivity contribution is -0.115. The fourth-order valence-corrected chi connectivity index (χ4v) is 3.76. The maximum Gasteiger partial charge on any atom is 0.262 e. The monoisotopic (exact) mass is 395 g/mol. The van der Waals surface area contributed by atoms with Crippen molar-refractivity contribution in [3.63, 3.8) is 0 Å². The summed E-state index contributed by atoms with van der Waals surface area (Å²) in [6, 6.07) is 14.0. The van der Waals surface area contributed by atoms with Crippen molar-refractivity contribution in [3.05, 3.63) is 64.4 Å². The molecule has 0 bridgehead atoms. The van der Waals surface area contributed by atoms with Gasteiger partial charge in [-0.3, -0.25) is 19.0 Å². The van der Waals surface area contributed by atoms with Gasteiger partial charge in [0.2, 0.25) is 5.91 Å². The number of nitrogens with one attached hydrogen (secondary N) is 1. The molecule has 0 saturated carbocycles. The molecule has 7 heteroatoms. The number of hydrogen-bond donors (Lipinski definition) is 1. The normalized spacial score (nSPS) is 12.0. The van der Waals surface area contributed by atoms with Crippen LogP contribution in [0.5, 0.6) is 0 Å². The van der Waals surface area contributed by atoms with Crippen LogP contribution in [0.2, 0.25) is 0 Å². The van der Waals surface area contributed by atoms with Crippen LogP contribution >= 0.6 is 11.8 Å². The van der Waals surface area contributed by atoms with E-state index in [4.69, 9.17) is 0 Å². The summed E-state index contributed by atoms with van der Waals surface area (Å²) in [6.45, 7) is 5.58. The summed E-state index contributed by atoms with van der Waals surface area (Å²) in [5, 5.41) is 3.41. The molecule has 1 N–H and O–H groups in total. The lowest BCUT2D eigenvalue weighted by Crippen LogP contribution is -2.26. The molecule has 0 fully saturated rings. The van der Waals surface area contributed by atoms with E-state index < -0.39 is 5.25 Å². The number of fused-ring (bicyclic) bond motifs is 1. The second kappa shape index (κ2) is 8.39. The van der Waals surface area contributed by atoms with Crippen LogP contribution in [-0.2, 0) is 11.3 Å². The number of thioether (sulfide) groups is 1. The highest BCUT2D eigenvalue weighted by atomic mass is 32.2. The van der Waals surface area contributed by atoms with Crippen molar-refractivity contribution in [2.45, 2.75) is 37.7 Å². The van der Waals surface area contributed by atoms with E-state index in [1.165, 1.54) is 18.7 Å². The van der Waals surface area contributed by atoms with Gasteiger partial charge in [0.1, 0.15) is 0 Å². The van der Waals surface area contributed by atoms with E-state index in [0.717, 1.165) is 0 Å². The van der Waals surface area contributed by atoms with Crippen LogP contribution in [0.4, 0.5) is 5.69 Å². The minimum absolute atomic E-state index is 0.0640. The highest BCUT2D eigenvalue weighted by Crippen LogP contribution is 2.24. The maximum atomic E-state index is 12.7. The van der Waals surface area contributed by atoms with Crippen LogP contribution in [0.1, 0.15) is 31.1 Å². The summed E-state index contributed by atoms with van der Waals surface area (Å²) < 4.78 is 1.58. The molecule has 0 aliphatic rings. The highest BCUT2D eigenvalue weighted by Gasteiger charge is 2.19. The standard InChI is InChI=1S/C21H21N3O3S/c1-4-24-20(27)17-10-5-6-11-18(17)23-21(24)28-14(3)19(26)22-16-9-7-8-15(12-16)13(2)25/h5-12,14H,4H2,1-3H3,(H,22,26). The predicted molar refractivity (Wildman–Crippen MR) is 112 cm³/mol. The van der Waals surface area contributed by atoms with E-state index in [9.17, 15) is 14.4 Å². The Kier molecular flexibility index (Phi) is 5.94. The molecule has 3 rings (SSSR count). The minimum Gasteiger partial charge on any atom is -0.325 e. The smallest absolute Gasteiger partial charge is 0.262 e. The number of hydrogen-bond acceptors (Lipinski definition) is 5. The van der Waals surface area contributed by atoms with Crippen LogP contribution in [0.15, 0.2) is 58.5 Å². The van der Waals surface area contributed by atoms with Crippen molar-refractivity contribution in [2.24, 2.45) is 0 Å². The molecule has 0 aliphatic heterocycles. The van der Waals surface area contributed by atoms with E-state index in [1.807, 2.05) is 19.1 Å². The third kappa shape index (κ3) is 4.14. The van der Waals surface area contributed by atoms with Crippen molar-refractivity contribution in [3.8, 4) is 0 Å². The van der Waals surface area contributed by atoms with Gasteiger partial charge in [0.05, 0.1) is 16.2 Å². The predicted octanol–water partition coefficient (Wildman–Crippen LogP) is 3.74. The second-order valence-electron chi connectivity index (χ2n) is 6.35. The molecule has 0 spiro atoms. The van der Waals surface area contributed by atoms with Gasteiger partial charge in [-0.2, -0.15) is 0 Å². The zero-order valence-corrected chi connectivity index (χ0v) is 16.7. The number of carbonyl (C=O) groups excluding carboxylic acids is 2. The van der Waals surface area contributed by atoms with E-state index in [-0.39, 0.29) is 17.2 Å². The van der Waals surface area contributed by atoms with Gasteiger partial charge in [-0.05, 0) is 45.0 Å². The van der Waals surface area contributed by atoms with E-state index in [1.54, 1.807) is 47.9 Å². The molecule has 6 nitrogen and oxygen atoms in total.